The second kappa shape index (κ2) is 6.68. The second-order valence-electron chi connectivity index (χ2n) is 4.34. The molecule has 0 fully saturated rings. The van der Waals surface area contributed by atoms with Crippen LogP contribution in [0.5, 0.6) is 5.75 Å². The predicted molar refractivity (Wildman–Crippen MR) is 80.2 cm³/mol. The number of nitrogens with one attached hydrogen (secondary N) is 1. The van der Waals surface area contributed by atoms with Crippen LogP contribution >= 0.6 is 15.9 Å². The first-order valence-corrected chi connectivity index (χ1v) is 6.95. The first-order chi connectivity index (χ1) is 9.20. The summed E-state index contributed by atoms with van der Waals surface area (Å²) >= 11 is 3.49. The number of benzene rings is 1. The smallest absolute Gasteiger partial charge is 0.123 e. The minimum absolute atomic E-state index is 0.270. The van der Waals surface area contributed by atoms with Crippen molar-refractivity contribution in [2.75, 3.05) is 7.11 Å². The molecule has 0 aliphatic rings. The van der Waals surface area contributed by atoms with Gasteiger partial charge in [-0.2, -0.15) is 0 Å². The van der Waals surface area contributed by atoms with Gasteiger partial charge in [0.05, 0.1) is 7.11 Å². The minimum atomic E-state index is 0.270. The number of methoxy groups -OCH3 is 1. The van der Waals surface area contributed by atoms with Gasteiger partial charge in [-0.3, -0.25) is 4.98 Å². The van der Waals surface area contributed by atoms with Crippen molar-refractivity contribution in [3.63, 3.8) is 0 Å². The Bertz CT molecular complexity index is 531. The third-order valence-corrected chi connectivity index (χ3v) is 3.54. The third-order valence-electron chi connectivity index (χ3n) is 3.05. The molecule has 1 atom stereocenters. The molecule has 3 nitrogen and oxygen atoms in total. The van der Waals surface area contributed by atoms with Crippen LogP contribution in [-0.4, -0.2) is 12.1 Å². The number of aromatic nitrogens is 1. The summed E-state index contributed by atoms with van der Waals surface area (Å²) in [5.41, 5.74) is 2.36. The average molecular weight is 321 g/mol. The van der Waals surface area contributed by atoms with Crippen molar-refractivity contribution in [2.24, 2.45) is 0 Å². The maximum absolute atomic E-state index is 5.37. The monoisotopic (exact) mass is 320 g/mol. The van der Waals surface area contributed by atoms with Crippen LogP contribution in [0.15, 0.2) is 47.2 Å². The number of rotatable bonds is 5. The van der Waals surface area contributed by atoms with Crippen LogP contribution in [0.4, 0.5) is 0 Å². The highest BCUT2D eigenvalue weighted by Gasteiger charge is 2.07. The van der Waals surface area contributed by atoms with Gasteiger partial charge in [0.15, 0.2) is 0 Å². The van der Waals surface area contributed by atoms with E-state index in [1.165, 1.54) is 5.56 Å². The van der Waals surface area contributed by atoms with Gasteiger partial charge in [0.2, 0.25) is 0 Å². The van der Waals surface area contributed by atoms with Crippen LogP contribution in [0.25, 0.3) is 0 Å². The third kappa shape index (κ3) is 3.78. The van der Waals surface area contributed by atoms with Gasteiger partial charge in [-0.1, -0.05) is 15.9 Å². The number of hydrogen-bond donors (Lipinski definition) is 1. The van der Waals surface area contributed by atoms with E-state index in [0.29, 0.717) is 0 Å². The second-order valence-corrected chi connectivity index (χ2v) is 5.25. The van der Waals surface area contributed by atoms with Gasteiger partial charge >= 0.3 is 0 Å². The van der Waals surface area contributed by atoms with Crippen LogP contribution in [0, 0.1) is 0 Å². The first kappa shape index (κ1) is 14.0. The summed E-state index contributed by atoms with van der Waals surface area (Å²) in [6.45, 7) is 2.89. The highest BCUT2D eigenvalue weighted by atomic mass is 79.9. The molecule has 0 aliphatic carbocycles. The molecule has 0 saturated carbocycles. The van der Waals surface area contributed by atoms with E-state index in [1.807, 2.05) is 36.7 Å². The van der Waals surface area contributed by atoms with Gasteiger partial charge in [0.1, 0.15) is 5.75 Å². The molecular weight excluding hydrogens is 304 g/mol. The van der Waals surface area contributed by atoms with E-state index in [9.17, 15) is 0 Å². The van der Waals surface area contributed by atoms with Crippen molar-refractivity contribution in [3.8, 4) is 5.75 Å². The largest absolute Gasteiger partial charge is 0.496 e. The lowest BCUT2D eigenvalue weighted by Crippen LogP contribution is -2.18. The molecule has 0 radical (unpaired) electrons. The molecule has 1 N–H and O–H groups in total. The fourth-order valence-electron chi connectivity index (χ4n) is 1.92. The molecule has 0 spiro atoms. The normalized spacial score (nSPS) is 12.2. The number of ether oxygens (including phenoxy) is 1. The molecule has 0 amide bonds. The molecule has 1 aromatic carbocycles. The molecular formula is C15H17BrN2O. The molecule has 4 heteroatoms. The van der Waals surface area contributed by atoms with E-state index >= 15 is 0 Å². The maximum atomic E-state index is 5.37. The Morgan fingerprint density at radius 1 is 1.26 bits per heavy atom. The molecule has 0 aliphatic heterocycles. The highest BCUT2D eigenvalue weighted by molar-refractivity contribution is 9.10. The van der Waals surface area contributed by atoms with Gasteiger partial charge in [-0.15, -0.1) is 0 Å². The zero-order valence-corrected chi connectivity index (χ0v) is 12.6. The Morgan fingerprint density at radius 2 is 2.00 bits per heavy atom. The Kier molecular flexibility index (Phi) is 4.93. The Morgan fingerprint density at radius 3 is 2.68 bits per heavy atom. The van der Waals surface area contributed by atoms with Crippen LogP contribution in [0.1, 0.15) is 24.1 Å². The van der Waals surface area contributed by atoms with Crippen molar-refractivity contribution >= 4 is 15.9 Å². The molecule has 2 rings (SSSR count). The van der Waals surface area contributed by atoms with Gasteiger partial charge < -0.3 is 10.1 Å². The Balaban J connectivity index is 2.04. The lowest BCUT2D eigenvalue weighted by molar-refractivity contribution is 0.406. The molecule has 1 unspecified atom stereocenters. The van der Waals surface area contributed by atoms with Crippen LogP contribution in [0.2, 0.25) is 0 Å². The summed E-state index contributed by atoms with van der Waals surface area (Å²) in [4.78, 5) is 4.03. The number of nitrogens with zero attached hydrogens (tertiary/aromatic N) is 1. The van der Waals surface area contributed by atoms with Crippen molar-refractivity contribution in [1.29, 1.82) is 0 Å². The molecule has 2 aromatic rings. The van der Waals surface area contributed by atoms with E-state index in [-0.39, 0.29) is 6.04 Å². The van der Waals surface area contributed by atoms with Crippen molar-refractivity contribution < 1.29 is 4.74 Å². The molecule has 19 heavy (non-hydrogen) atoms. The van der Waals surface area contributed by atoms with Crippen molar-refractivity contribution in [2.45, 2.75) is 19.5 Å². The molecule has 0 saturated heterocycles. The van der Waals surface area contributed by atoms with Crippen LogP contribution in [-0.2, 0) is 6.54 Å². The lowest BCUT2D eigenvalue weighted by Gasteiger charge is -2.16. The summed E-state index contributed by atoms with van der Waals surface area (Å²) < 4.78 is 6.42. The summed E-state index contributed by atoms with van der Waals surface area (Å²) in [6, 6.07) is 10.3. The first-order valence-electron chi connectivity index (χ1n) is 6.16. The predicted octanol–water partition coefficient (Wildman–Crippen LogP) is 3.70. The van der Waals surface area contributed by atoms with E-state index in [4.69, 9.17) is 4.74 Å². The molecule has 100 valence electrons. The minimum Gasteiger partial charge on any atom is -0.496 e. The van der Waals surface area contributed by atoms with Crippen LogP contribution in [0.3, 0.4) is 0 Å². The number of halogens is 1. The standard InChI is InChI=1S/C15H17BrN2O/c1-11(12-5-7-17-8-6-12)18-10-13-9-14(16)3-4-15(13)19-2/h3-9,11,18H,10H2,1-2H3. The Hall–Kier alpha value is -1.39. The van der Waals surface area contributed by atoms with Gasteiger partial charge in [0, 0.05) is 35.0 Å². The zero-order valence-electron chi connectivity index (χ0n) is 11.1. The summed E-state index contributed by atoms with van der Waals surface area (Å²) in [6.07, 6.45) is 3.63. The van der Waals surface area contributed by atoms with E-state index in [0.717, 1.165) is 22.3 Å². The van der Waals surface area contributed by atoms with Crippen molar-refractivity contribution in [1.82, 2.24) is 10.3 Å². The van der Waals surface area contributed by atoms with Crippen molar-refractivity contribution in [3.05, 3.63) is 58.3 Å². The van der Waals surface area contributed by atoms with Gasteiger partial charge in [-0.25, -0.2) is 0 Å². The SMILES string of the molecule is COc1ccc(Br)cc1CNC(C)c1ccncc1. The molecule has 1 heterocycles. The average Bonchev–Trinajstić information content (AvgIpc) is 2.46. The molecule has 0 bridgehead atoms. The van der Waals surface area contributed by atoms with E-state index < -0.39 is 0 Å². The summed E-state index contributed by atoms with van der Waals surface area (Å²) in [7, 11) is 1.69. The van der Waals surface area contributed by atoms with E-state index in [1.54, 1.807) is 7.11 Å². The lowest BCUT2D eigenvalue weighted by atomic mass is 10.1. The topological polar surface area (TPSA) is 34.1 Å². The number of pyridine rings is 1. The summed E-state index contributed by atoms with van der Waals surface area (Å²) in [5.74, 6) is 0.901. The quantitative estimate of drug-likeness (QED) is 0.912. The zero-order chi connectivity index (χ0) is 13.7. The number of hydrogen-bond acceptors (Lipinski definition) is 3. The fraction of sp³-hybridized carbons (Fsp3) is 0.267. The van der Waals surface area contributed by atoms with E-state index in [2.05, 4.69) is 39.2 Å². The summed E-state index contributed by atoms with van der Waals surface area (Å²) in [5, 5.41) is 3.49. The van der Waals surface area contributed by atoms with Crippen LogP contribution < -0.4 is 10.1 Å². The van der Waals surface area contributed by atoms with Gasteiger partial charge in [0.25, 0.3) is 0 Å². The van der Waals surface area contributed by atoms with Gasteiger partial charge in [-0.05, 0) is 42.8 Å². The molecule has 1 aromatic heterocycles. The fourth-order valence-corrected chi connectivity index (χ4v) is 2.33. The maximum Gasteiger partial charge on any atom is 0.123 e. The Labute approximate surface area is 122 Å². The highest BCUT2D eigenvalue weighted by Crippen LogP contribution is 2.23.